The van der Waals surface area contributed by atoms with Crippen LogP contribution < -0.4 is 25.2 Å². The highest BCUT2D eigenvalue weighted by Crippen LogP contribution is 2.33. The molecule has 4 aromatic heterocycles. The van der Waals surface area contributed by atoms with Crippen molar-refractivity contribution < 1.29 is 23.9 Å². The molecule has 0 spiro atoms. The number of piperidine rings is 1. The van der Waals surface area contributed by atoms with Crippen LogP contribution in [0.2, 0.25) is 0 Å². The number of imide groups is 1. The quantitative estimate of drug-likeness (QED) is 0.189. The molecular formula is C47H54N14O5. The predicted octanol–water partition coefficient (Wildman–Crippen LogP) is 4.88. The second-order valence-electron chi connectivity index (χ2n) is 18.1. The second kappa shape index (κ2) is 17.9. The maximum atomic E-state index is 13.7. The number of nitrogens with one attached hydrogen (secondary N) is 2. The Morgan fingerprint density at radius 3 is 2.38 bits per heavy atom. The van der Waals surface area contributed by atoms with Crippen molar-refractivity contribution in [3.63, 3.8) is 0 Å². The van der Waals surface area contributed by atoms with Crippen molar-refractivity contribution in [1.82, 2.24) is 60.2 Å². The Labute approximate surface area is 382 Å². The van der Waals surface area contributed by atoms with Gasteiger partial charge in [0.2, 0.25) is 5.91 Å². The van der Waals surface area contributed by atoms with E-state index in [9.17, 15) is 19.2 Å². The van der Waals surface area contributed by atoms with E-state index >= 15 is 0 Å². The number of likely N-dealkylation sites (tertiary alicyclic amines) is 1. The number of urea groups is 1. The number of carbonyl (C=O) groups is 4. The van der Waals surface area contributed by atoms with E-state index in [1.807, 2.05) is 74.6 Å². The lowest BCUT2D eigenvalue weighted by atomic mass is 9.98. The summed E-state index contributed by atoms with van der Waals surface area (Å²) in [6.07, 6.45) is 7.48. The lowest BCUT2D eigenvalue weighted by Crippen LogP contribution is -2.54. The fourth-order valence-corrected chi connectivity index (χ4v) is 9.00. The summed E-state index contributed by atoms with van der Waals surface area (Å²) in [5.41, 5.74) is 6.71. The van der Waals surface area contributed by atoms with Gasteiger partial charge in [0, 0.05) is 81.2 Å². The lowest BCUT2D eigenvalue weighted by molar-refractivity contribution is -0.120. The summed E-state index contributed by atoms with van der Waals surface area (Å²) in [5, 5.41) is 22.2. The highest BCUT2D eigenvalue weighted by atomic mass is 16.5. The average molecular weight is 895 g/mol. The van der Waals surface area contributed by atoms with Gasteiger partial charge in [0.1, 0.15) is 11.6 Å². The molecule has 342 valence electrons. The van der Waals surface area contributed by atoms with E-state index in [-0.39, 0.29) is 36.6 Å². The summed E-state index contributed by atoms with van der Waals surface area (Å²) in [7, 11) is 1.52. The first-order valence-electron chi connectivity index (χ1n) is 22.3. The molecule has 6 aromatic rings. The van der Waals surface area contributed by atoms with Gasteiger partial charge in [-0.1, -0.05) is 12.1 Å². The van der Waals surface area contributed by atoms with Crippen molar-refractivity contribution in [3.8, 4) is 28.3 Å². The van der Waals surface area contributed by atoms with Crippen molar-refractivity contribution in [2.75, 3.05) is 62.7 Å². The number of piperazine rings is 1. The summed E-state index contributed by atoms with van der Waals surface area (Å²) in [6.45, 7) is 14.7. The molecule has 5 amide bonds. The van der Waals surface area contributed by atoms with E-state index in [4.69, 9.17) is 14.7 Å². The number of tetrazole rings is 1. The van der Waals surface area contributed by atoms with E-state index in [1.165, 1.54) is 16.8 Å². The molecule has 2 N–H and O–H groups in total. The van der Waals surface area contributed by atoms with Crippen molar-refractivity contribution in [2.45, 2.75) is 71.5 Å². The largest absolute Gasteiger partial charge is 0.495 e. The van der Waals surface area contributed by atoms with Gasteiger partial charge in [-0.3, -0.25) is 29.5 Å². The number of aryl methyl sites for hydroxylation is 1. The molecule has 3 aliphatic heterocycles. The summed E-state index contributed by atoms with van der Waals surface area (Å²) >= 11 is 0. The Morgan fingerprint density at radius 1 is 0.924 bits per heavy atom. The minimum Gasteiger partial charge on any atom is -0.495 e. The van der Waals surface area contributed by atoms with Crippen LogP contribution in [0.4, 0.5) is 16.3 Å². The lowest BCUT2D eigenvalue weighted by Gasteiger charge is -2.43. The average Bonchev–Trinajstić information content (AvgIpc) is 4.03. The fraction of sp³-hybridized carbons (Fsp3) is 0.404. The number of pyridine rings is 1. The molecule has 0 unspecified atom stereocenters. The highest BCUT2D eigenvalue weighted by Gasteiger charge is 2.32. The molecule has 3 fully saturated rings. The van der Waals surface area contributed by atoms with E-state index < -0.39 is 17.5 Å². The number of anilines is 2. The Morgan fingerprint density at radius 2 is 1.70 bits per heavy atom. The zero-order chi connectivity index (χ0) is 46.3. The second-order valence-corrected chi connectivity index (χ2v) is 18.1. The van der Waals surface area contributed by atoms with Crippen LogP contribution in [0.15, 0.2) is 73.2 Å². The maximum Gasteiger partial charge on any atom is 0.328 e. The highest BCUT2D eigenvalue weighted by molar-refractivity contribution is 6.07. The molecule has 7 heterocycles. The zero-order valence-electron chi connectivity index (χ0n) is 38.1. The van der Waals surface area contributed by atoms with Crippen molar-refractivity contribution in [1.29, 1.82) is 0 Å². The molecule has 0 aliphatic carbocycles. The minimum absolute atomic E-state index is 0.0253. The normalized spacial score (nSPS) is 17.0. The Hall–Kier alpha value is -7.28. The number of hydrogen-bond acceptors (Lipinski definition) is 13. The van der Waals surface area contributed by atoms with Crippen LogP contribution in [0.5, 0.6) is 5.75 Å². The molecule has 3 saturated heterocycles. The molecule has 3 aliphatic rings. The molecule has 19 nitrogen and oxygen atoms in total. The van der Waals surface area contributed by atoms with Gasteiger partial charge in [-0.2, -0.15) is 9.90 Å². The first-order valence-corrected chi connectivity index (χ1v) is 22.3. The van der Waals surface area contributed by atoms with E-state index in [0.29, 0.717) is 36.1 Å². The molecule has 1 atom stereocenters. The maximum absolute atomic E-state index is 13.7. The smallest absolute Gasteiger partial charge is 0.328 e. The fourth-order valence-electron chi connectivity index (χ4n) is 9.00. The predicted molar refractivity (Wildman–Crippen MR) is 246 cm³/mol. The number of amides is 5. The number of carbonyl (C=O) groups excluding carboxylic acids is 4. The van der Waals surface area contributed by atoms with Crippen molar-refractivity contribution in [3.05, 3.63) is 95.7 Å². The van der Waals surface area contributed by atoms with Gasteiger partial charge in [-0.05, 0) is 106 Å². The third-order valence-electron chi connectivity index (χ3n) is 12.7. The van der Waals surface area contributed by atoms with Crippen molar-refractivity contribution >= 4 is 40.8 Å². The number of nitrogens with zero attached hydrogens (tertiary/aromatic N) is 12. The SMILES string of the molecule is COc1ccc(C(=O)N2CCC(N3CCN(c4ccc(-c5cn6nccc6c(-c6ccc([C@@H](C)NC(=O)c7nnn(C(C)(C)C)n7)c(C)c6)n5)cn4)CC3)CC2)cc1N1CCC(=O)NC1=O. The van der Waals surface area contributed by atoms with Gasteiger partial charge in [0.05, 0.1) is 53.7 Å². The van der Waals surface area contributed by atoms with Gasteiger partial charge in [0.25, 0.3) is 17.6 Å². The van der Waals surface area contributed by atoms with Crippen LogP contribution in [0, 0.1) is 6.92 Å². The van der Waals surface area contributed by atoms with Gasteiger partial charge in [0.15, 0.2) is 0 Å². The number of benzene rings is 2. The van der Waals surface area contributed by atoms with Gasteiger partial charge < -0.3 is 19.9 Å². The van der Waals surface area contributed by atoms with E-state index in [1.54, 1.807) is 24.4 Å². The van der Waals surface area contributed by atoms with Gasteiger partial charge in [-0.25, -0.2) is 19.3 Å². The van der Waals surface area contributed by atoms with E-state index in [0.717, 1.165) is 84.0 Å². The van der Waals surface area contributed by atoms with E-state index in [2.05, 4.69) is 59.1 Å². The van der Waals surface area contributed by atoms with Crippen LogP contribution in [0.25, 0.3) is 28.0 Å². The summed E-state index contributed by atoms with van der Waals surface area (Å²) < 4.78 is 7.33. The van der Waals surface area contributed by atoms with Crippen LogP contribution in [-0.4, -0.2) is 132 Å². The number of hydrogen-bond donors (Lipinski definition) is 2. The summed E-state index contributed by atoms with van der Waals surface area (Å²) in [6, 6.07) is 16.8. The number of ether oxygens (including phenoxy) is 1. The first-order chi connectivity index (χ1) is 31.7. The standard InChI is InChI=1S/C47H54N14O5/c1-29-25-31(7-10-35(29)30(2)50-44(63)43-53-55-61(54-43)47(3,4)5)42-37-13-17-49-60(37)28-36(51-42)33-9-12-40(48-27-33)57-23-21-56(22-24-57)34-14-18-58(19-15-34)45(64)32-8-11-39(66-6)38(26-32)59-20-16-41(62)52-46(59)65/h7-13,17,25-28,30,34H,14-16,18-24H2,1-6H3,(H,50,63)(H,52,62,65)/t30-/m1/s1. The van der Waals surface area contributed by atoms with Crippen LogP contribution in [0.3, 0.4) is 0 Å². The van der Waals surface area contributed by atoms with Crippen LogP contribution in [-0.2, 0) is 10.3 Å². The number of fused-ring (bicyclic) bond motifs is 1. The van der Waals surface area contributed by atoms with Crippen molar-refractivity contribution in [2.24, 2.45) is 0 Å². The molecular weight excluding hydrogens is 841 g/mol. The molecule has 0 saturated carbocycles. The van der Waals surface area contributed by atoms with Crippen LogP contribution >= 0.6 is 0 Å². The molecule has 19 heteroatoms. The van der Waals surface area contributed by atoms with Gasteiger partial charge in [-0.15, -0.1) is 10.2 Å². The molecule has 66 heavy (non-hydrogen) atoms. The molecule has 0 radical (unpaired) electrons. The monoisotopic (exact) mass is 894 g/mol. The topological polar surface area (TPSA) is 201 Å². The minimum atomic E-state index is -0.525. The summed E-state index contributed by atoms with van der Waals surface area (Å²) in [4.78, 5) is 70.7. The number of methoxy groups -OCH3 is 1. The Balaban J connectivity index is 0.806. The number of rotatable bonds is 10. The van der Waals surface area contributed by atoms with Crippen LogP contribution in [0.1, 0.15) is 85.1 Å². The Kier molecular flexibility index (Phi) is 12.0. The Bertz CT molecular complexity index is 2800. The molecule has 9 rings (SSSR count). The number of aromatic nitrogens is 8. The summed E-state index contributed by atoms with van der Waals surface area (Å²) in [5.74, 6) is 0.599. The molecule has 2 aromatic carbocycles. The third kappa shape index (κ3) is 8.89. The first kappa shape index (κ1) is 43.9. The zero-order valence-corrected chi connectivity index (χ0v) is 38.1. The van der Waals surface area contributed by atoms with Gasteiger partial charge >= 0.3 is 6.03 Å². The molecule has 0 bridgehead atoms. The third-order valence-corrected chi connectivity index (χ3v) is 12.7.